The molecule has 0 N–H and O–H groups in total. The molecule has 26 heavy (non-hydrogen) atoms. The SMILES string of the molecule is O=C(c1cc[n+]([O-])cc1)N1CCN(S(=O)(=O)c2ccc(Cl)c(Cl)c2)CC1. The zero-order valence-corrected chi connectivity index (χ0v) is 15.8. The van der Waals surface area contributed by atoms with Crippen molar-refractivity contribution in [3.05, 3.63) is 63.5 Å². The number of halogens is 2. The van der Waals surface area contributed by atoms with Crippen LogP contribution in [0.25, 0.3) is 0 Å². The van der Waals surface area contributed by atoms with Crippen LogP contribution in [0.5, 0.6) is 0 Å². The highest BCUT2D eigenvalue weighted by molar-refractivity contribution is 7.89. The lowest BCUT2D eigenvalue weighted by atomic mass is 10.2. The Kier molecular flexibility index (Phi) is 5.38. The average molecular weight is 416 g/mol. The molecule has 1 aliphatic heterocycles. The van der Waals surface area contributed by atoms with Gasteiger partial charge in [0.1, 0.15) is 0 Å². The van der Waals surface area contributed by atoms with Gasteiger partial charge in [-0.05, 0) is 18.2 Å². The Hall–Kier alpha value is -1.87. The predicted molar refractivity (Wildman–Crippen MR) is 96.5 cm³/mol. The van der Waals surface area contributed by atoms with Crippen LogP contribution in [0.2, 0.25) is 10.0 Å². The minimum atomic E-state index is -3.71. The third-order valence-electron chi connectivity index (χ3n) is 4.10. The van der Waals surface area contributed by atoms with Crippen molar-refractivity contribution >= 4 is 39.1 Å². The van der Waals surface area contributed by atoms with Crippen LogP contribution in [0.15, 0.2) is 47.6 Å². The zero-order chi connectivity index (χ0) is 18.9. The second kappa shape index (κ2) is 7.40. The van der Waals surface area contributed by atoms with Gasteiger partial charge in [0, 0.05) is 38.3 Å². The minimum absolute atomic E-state index is 0.0646. The first-order valence-electron chi connectivity index (χ1n) is 7.72. The maximum atomic E-state index is 12.7. The first kappa shape index (κ1) is 18.9. The molecule has 0 radical (unpaired) electrons. The monoisotopic (exact) mass is 415 g/mol. The van der Waals surface area contributed by atoms with Gasteiger partial charge in [0.2, 0.25) is 10.0 Å². The fraction of sp³-hybridized carbons (Fsp3) is 0.250. The zero-order valence-electron chi connectivity index (χ0n) is 13.5. The summed E-state index contributed by atoms with van der Waals surface area (Å²) in [5, 5.41) is 11.5. The highest BCUT2D eigenvalue weighted by Gasteiger charge is 2.30. The molecule has 2 aromatic rings. The van der Waals surface area contributed by atoms with Crippen molar-refractivity contribution in [1.82, 2.24) is 9.21 Å². The lowest BCUT2D eigenvalue weighted by Crippen LogP contribution is -2.50. The molecule has 138 valence electrons. The van der Waals surface area contributed by atoms with Gasteiger partial charge < -0.3 is 10.1 Å². The van der Waals surface area contributed by atoms with Crippen LogP contribution in [-0.4, -0.2) is 49.7 Å². The van der Waals surface area contributed by atoms with Crippen molar-refractivity contribution < 1.29 is 17.9 Å². The largest absolute Gasteiger partial charge is 0.619 e. The summed E-state index contributed by atoms with van der Waals surface area (Å²) in [6.45, 7) is 0.850. The standard InChI is InChI=1S/C16H15Cl2N3O4S/c17-14-2-1-13(11-15(14)18)26(24,25)21-9-7-19(8-10-21)16(22)12-3-5-20(23)6-4-12/h1-6,11H,7-10H2. The summed E-state index contributed by atoms with van der Waals surface area (Å²) < 4.78 is 27.3. The van der Waals surface area contributed by atoms with Crippen LogP contribution in [-0.2, 0) is 10.0 Å². The fourth-order valence-electron chi connectivity index (χ4n) is 2.66. The Balaban J connectivity index is 1.70. The molecule has 0 aliphatic carbocycles. The Labute approximate surface area is 161 Å². The Bertz CT molecular complexity index is 927. The molecule has 0 spiro atoms. The van der Waals surface area contributed by atoms with Crippen molar-refractivity contribution in [2.75, 3.05) is 26.2 Å². The second-order valence-electron chi connectivity index (χ2n) is 5.72. The maximum absolute atomic E-state index is 12.7. The smallest absolute Gasteiger partial charge is 0.254 e. The highest BCUT2D eigenvalue weighted by Crippen LogP contribution is 2.27. The van der Waals surface area contributed by atoms with Gasteiger partial charge in [-0.3, -0.25) is 4.79 Å². The van der Waals surface area contributed by atoms with E-state index in [1.807, 2.05) is 0 Å². The van der Waals surface area contributed by atoms with Gasteiger partial charge in [-0.25, -0.2) is 8.42 Å². The van der Waals surface area contributed by atoms with E-state index in [9.17, 15) is 18.4 Å². The van der Waals surface area contributed by atoms with Gasteiger partial charge in [-0.15, -0.1) is 0 Å². The minimum Gasteiger partial charge on any atom is -0.619 e. The first-order chi connectivity index (χ1) is 12.3. The van der Waals surface area contributed by atoms with Crippen LogP contribution >= 0.6 is 23.2 Å². The Morgan fingerprint density at radius 2 is 1.62 bits per heavy atom. The number of sulfonamides is 1. The number of rotatable bonds is 3. The molecular weight excluding hydrogens is 401 g/mol. The van der Waals surface area contributed by atoms with Crippen LogP contribution in [0.1, 0.15) is 10.4 Å². The number of nitrogens with zero attached hydrogens (tertiary/aromatic N) is 3. The van der Waals surface area contributed by atoms with Gasteiger partial charge in [-0.2, -0.15) is 9.04 Å². The topological polar surface area (TPSA) is 84.6 Å². The molecule has 1 aliphatic rings. The molecule has 1 aromatic heterocycles. The number of hydrogen-bond acceptors (Lipinski definition) is 4. The maximum Gasteiger partial charge on any atom is 0.254 e. The molecule has 1 amide bonds. The number of aromatic nitrogens is 1. The summed E-state index contributed by atoms with van der Waals surface area (Å²) in [4.78, 5) is 14.1. The van der Waals surface area contributed by atoms with Crippen molar-refractivity contribution in [3.63, 3.8) is 0 Å². The number of carbonyl (C=O) groups excluding carboxylic acids is 1. The van der Waals surface area contributed by atoms with Gasteiger partial charge in [-0.1, -0.05) is 23.2 Å². The van der Waals surface area contributed by atoms with E-state index < -0.39 is 10.0 Å². The molecule has 10 heteroatoms. The van der Waals surface area contributed by atoms with Gasteiger partial charge in [0.25, 0.3) is 5.91 Å². The number of benzene rings is 1. The van der Waals surface area contributed by atoms with Crippen molar-refractivity contribution in [2.45, 2.75) is 4.90 Å². The summed E-state index contributed by atoms with van der Waals surface area (Å²) in [5.41, 5.74) is 0.387. The fourth-order valence-corrected chi connectivity index (χ4v) is 4.47. The summed E-state index contributed by atoms with van der Waals surface area (Å²) in [7, 11) is -3.71. The number of carbonyl (C=O) groups is 1. The van der Waals surface area contributed by atoms with Crippen LogP contribution in [0.3, 0.4) is 0 Å². The molecule has 3 rings (SSSR count). The summed E-state index contributed by atoms with van der Waals surface area (Å²) in [5.74, 6) is -0.239. The predicted octanol–water partition coefficient (Wildman–Crippen LogP) is 1.77. The van der Waals surface area contributed by atoms with Crippen molar-refractivity contribution in [1.29, 1.82) is 0 Å². The molecule has 0 saturated carbocycles. The third kappa shape index (κ3) is 3.78. The molecular formula is C16H15Cl2N3O4S. The third-order valence-corrected chi connectivity index (χ3v) is 6.74. The normalized spacial score (nSPS) is 15.8. The van der Waals surface area contributed by atoms with E-state index in [0.717, 1.165) is 0 Å². The number of pyridine rings is 1. The van der Waals surface area contributed by atoms with E-state index in [1.165, 1.54) is 47.0 Å². The summed E-state index contributed by atoms with van der Waals surface area (Å²) in [6, 6.07) is 7.04. The van der Waals surface area contributed by atoms with E-state index >= 15 is 0 Å². The van der Waals surface area contributed by atoms with Crippen LogP contribution < -0.4 is 4.73 Å². The van der Waals surface area contributed by atoms with E-state index in [-0.39, 0.29) is 47.0 Å². The van der Waals surface area contributed by atoms with E-state index in [4.69, 9.17) is 23.2 Å². The molecule has 2 heterocycles. The van der Waals surface area contributed by atoms with Crippen molar-refractivity contribution in [2.24, 2.45) is 0 Å². The Morgan fingerprint density at radius 1 is 1.00 bits per heavy atom. The van der Waals surface area contributed by atoms with Gasteiger partial charge in [0.05, 0.1) is 20.5 Å². The van der Waals surface area contributed by atoms with E-state index in [2.05, 4.69) is 0 Å². The van der Waals surface area contributed by atoms with Crippen molar-refractivity contribution in [3.8, 4) is 0 Å². The van der Waals surface area contributed by atoms with Crippen LogP contribution in [0, 0.1) is 5.21 Å². The average Bonchev–Trinajstić information content (AvgIpc) is 2.64. The molecule has 1 fully saturated rings. The number of amides is 1. The number of hydrogen-bond donors (Lipinski definition) is 0. The Morgan fingerprint density at radius 3 is 2.19 bits per heavy atom. The summed E-state index contributed by atoms with van der Waals surface area (Å²) >= 11 is 11.7. The van der Waals surface area contributed by atoms with Gasteiger partial charge >= 0.3 is 0 Å². The van der Waals surface area contributed by atoms with Crippen LogP contribution in [0.4, 0.5) is 0 Å². The lowest BCUT2D eigenvalue weighted by Gasteiger charge is -2.34. The van der Waals surface area contributed by atoms with E-state index in [1.54, 1.807) is 4.90 Å². The molecule has 0 bridgehead atoms. The lowest BCUT2D eigenvalue weighted by molar-refractivity contribution is -0.605. The molecule has 0 unspecified atom stereocenters. The van der Waals surface area contributed by atoms with Gasteiger partial charge in [0.15, 0.2) is 12.4 Å². The van der Waals surface area contributed by atoms with E-state index in [0.29, 0.717) is 10.3 Å². The number of piperazine rings is 1. The molecule has 7 nitrogen and oxygen atoms in total. The molecule has 1 aromatic carbocycles. The first-order valence-corrected chi connectivity index (χ1v) is 9.92. The summed E-state index contributed by atoms with van der Waals surface area (Å²) in [6.07, 6.45) is 2.50. The molecule has 1 saturated heterocycles. The highest BCUT2D eigenvalue weighted by atomic mass is 35.5. The molecule has 0 atom stereocenters. The second-order valence-corrected chi connectivity index (χ2v) is 8.47. The quantitative estimate of drug-likeness (QED) is 0.564.